The fourth-order valence-corrected chi connectivity index (χ4v) is 2.90. The maximum absolute atomic E-state index is 13.0. The van der Waals surface area contributed by atoms with Crippen molar-refractivity contribution in [3.8, 4) is 0 Å². The molecule has 1 heterocycles. The van der Waals surface area contributed by atoms with E-state index in [0.29, 0.717) is 18.8 Å². The minimum Gasteiger partial charge on any atom is -0.323 e. The van der Waals surface area contributed by atoms with Gasteiger partial charge in [0.1, 0.15) is 11.6 Å². The summed E-state index contributed by atoms with van der Waals surface area (Å²) < 4.78 is 16.2. The highest BCUT2D eigenvalue weighted by Gasteiger charge is 2.11. The lowest BCUT2D eigenvalue weighted by atomic mass is 10.2. The number of hydrogen-bond acceptors (Lipinski definition) is 1. The molecule has 0 fully saturated rings. The smallest absolute Gasteiger partial charge is 0.123 e. The molecule has 2 aromatic carbocycles. The predicted molar refractivity (Wildman–Crippen MR) is 87.4 cm³/mol. The molecule has 3 aromatic rings. The normalized spacial score (nSPS) is 11.2. The van der Waals surface area contributed by atoms with Gasteiger partial charge < -0.3 is 4.57 Å². The van der Waals surface area contributed by atoms with E-state index in [-0.39, 0.29) is 5.82 Å². The van der Waals surface area contributed by atoms with Gasteiger partial charge in [-0.1, -0.05) is 28.1 Å². The Bertz CT molecular complexity index is 768. The number of hydrogen-bond donors (Lipinski definition) is 0. The molecule has 3 rings (SSSR count). The number of aryl methyl sites for hydroxylation is 1. The van der Waals surface area contributed by atoms with Gasteiger partial charge >= 0.3 is 0 Å². The van der Waals surface area contributed by atoms with Crippen LogP contribution in [0.1, 0.15) is 11.4 Å². The van der Waals surface area contributed by atoms with Crippen molar-refractivity contribution in [1.29, 1.82) is 0 Å². The molecule has 108 valence electrons. The summed E-state index contributed by atoms with van der Waals surface area (Å²) in [5, 5.41) is 0. The lowest BCUT2D eigenvalue weighted by Gasteiger charge is -2.09. The SMILES string of the molecule is Fc1ccc(Cn2c(CCCl)nc3cc(Br)ccc32)cc1. The van der Waals surface area contributed by atoms with Crippen LogP contribution in [0.5, 0.6) is 0 Å². The zero-order valence-corrected chi connectivity index (χ0v) is 13.5. The van der Waals surface area contributed by atoms with Gasteiger partial charge in [0, 0.05) is 23.3 Å². The van der Waals surface area contributed by atoms with Gasteiger partial charge in [-0.2, -0.15) is 0 Å². The quantitative estimate of drug-likeness (QED) is 0.608. The molecule has 0 radical (unpaired) electrons. The summed E-state index contributed by atoms with van der Waals surface area (Å²) in [4.78, 5) is 4.65. The molecule has 0 bridgehead atoms. The highest BCUT2D eigenvalue weighted by atomic mass is 79.9. The largest absolute Gasteiger partial charge is 0.323 e. The summed E-state index contributed by atoms with van der Waals surface area (Å²) in [6, 6.07) is 12.6. The molecule has 0 saturated heterocycles. The first-order chi connectivity index (χ1) is 10.2. The van der Waals surface area contributed by atoms with Crippen LogP contribution in [0.2, 0.25) is 0 Å². The maximum atomic E-state index is 13.0. The second-order valence-electron chi connectivity index (χ2n) is 4.81. The van der Waals surface area contributed by atoms with Gasteiger partial charge in [0.05, 0.1) is 11.0 Å². The van der Waals surface area contributed by atoms with Crippen LogP contribution in [-0.2, 0) is 13.0 Å². The van der Waals surface area contributed by atoms with Gasteiger partial charge in [-0.25, -0.2) is 9.37 Å². The molecule has 0 spiro atoms. The Hall–Kier alpha value is -1.39. The first kappa shape index (κ1) is 14.5. The van der Waals surface area contributed by atoms with Crippen LogP contribution in [0.4, 0.5) is 4.39 Å². The fourth-order valence-electron chi connectivity index (χ4n) is 2.38. The van der Waals surface area contributed by atoms with Crippen molar-refractivity contribution in [3.05, 3.63) is 64.1 Å². The van der Waals surface area contributed by atoms with Crippen LogP contribution in [-0.4, -0.2) is 15.4 Å². The Morgan fingerprint density at radius 2 is 1.90 bits per heavy atom. The highest BCUT2D eigenvalue weighted by Crippen LogP contribution is 2.22. The van der Waals surface area contributed by atoms with E-state index in [9.17, 15) is 4.39 Å². The Kier molecular flexibility index (Phi) is 4.27. The first-order valence-corrected chi connectivity index (χ1v) is 7.95. The van der Waals surface area contributed by atoms with Gasteiger partial charge in [0.25, 0.3) is 0 Å². The van der Waals surface area contributed by atoms with Crippen molar-refractivity contribution in [1.82, 2.24) is 9.55 Å². The van der Waals surface area contributed by atoms with Crippen molar-refractivity contribution in [3.63, 3.8) is 0 Å². The number of fused-ring (bicyclic) bond motifs is 1. The second-order valence-corrected chi connectivity index (χ2v) is 6.11. The number of rotatable bonds is 4. The molecular weight excluding hydrogens is 355 g/mol. The van der Waals surface area contributed by atoms with Crippen molar-refractivity contribution in [2.24, 2.45) is 0 Å². The average Bonchev–Trinajstić information content (AvgIpc) is 2.79. The van der Waals surface area contributed by atoms with Crippen molar-refractivity contribution < 1.29 is 4.39 Å². The van der Waals surface area contributed by atoms with E-state index >= 15 is 0 Å². The van der Waals surface area contributed by atoms with E-state index in [0.717, 1.165) is 26.9 Å². The average molecular weight is 368 g/mol. The van der Waals surface area contributed by atoms with Crippen molar-refractivity contribution in [2.45, 2.75) is 13.0 Å². The van der Waals surface area contributed by atoms with Crippen LogP contribution >= 0.6 is 27.5 Å². The number of alkyl halides is 1. The minimum absolute atomic E-state index is 0.223. The summed E-state index contributed by atoms with van der Waals surface area (Å²) in [5.74, 6) is 1.25. The van der Waals surface area contributed by atoms with E-state index < -0.39 is 0 Å². The van der Waals surface area contributed by atoms with Crippen LogP contribution in [0.25, 0.3) is 11.0 Å². The molecule has 0 aliphatic carbocycles. The molecule has 0 atom stereocenters. The summed E-state index contributed by atoms with van der Waals surface area (Å²) in [6.07, 6.45) is 0.703. The third-order valence-electron chi connectivity index (χ3n) is 3.36. The predicted octanol–water partition coefficient (Wildman–Crippen LogP) is 4.77. The number of halogens is 3. The van der Waals surface area contributed by atoms with Gasteiger partial charge in [-0.05, 0) is 35.9 Å². The van der Waals surface area contributed by atoms with E-state index in [2.05, 4.69) is 25.5 Å². The van der Waals surface area contributed by atoms with Gasteiger partial charge in [0.15, 0.2) is 0 Å². The zero-order chi connectivity index (χ0) is 14.8. The first-order valence-electron chi connectivity index (χ1n) is 6.62. The molecule has 0 N–H and O–H groups in total. The molecular formula is C16H13BrClFN2. The van der Waals surface area contributed by atoms with Gasteiger partial charge in [0.2, 0.25) is 0 Å². The minimum atomic E-state index is -0.223. The topological polar surface area (TPSA) is 17.8 Å². The van der Waals surface area contributed by atoms with E-state index in [1.54, 1.807) is 12.1 Å². The summed E-state index contributed by atoms with van der Waals surface area (Å²) in [5.41, 5.74) is 3.03. The van der Waals surface area contributed by atoms with Gasteiger partial charge in [-0.3, -0.25) is 0 Å². The molecule has 0 saturated carbocycles. The molecule has 5 heteroatoms. The zero-order valence-electron chi connectivity index (χ0n) is 11.2. The summed E-state index contributed by atoms with van der Waals surface area (Å²) >= 11 is 9.34. The van der Waals surface area contributed by atoms with E-state index in [1.807, 2.05) is 18.2 Å². The second kappa shape index (κ2) is 6.16. The van der Waals surface area contributed by atoms with Crippen LogP contribution in [0, 0.1) is 5.82 Å². The molecule has 0 aliphatic rings. The third-order valence-corrected chi connectivity index (χ3v) is 4.04. The van der Waals surface area contributed by atoms with E-state index in [1.165, 1.54) is 12.1 Å². The number of nitrogens with zero attached hydrogens (tertiary/aromatic N) is 2. The van der Waals surface area contributed by atoms with Crippen LogP contribution in [0.15, 0.2) is 46.9 Å². The number of imidazole rings is 1. The van der Waals surface area contributed by atoms with Crippen molar-refractivity contribution >= 4 is 38.6 Å². The highest BCUT2D eigenvalue weighted by molar-refractivity contribution is 9.10. The standard InChI is InChI=1S/C16H13BrClFN2/c17-12-3-6-15-14(9-12)20-16(7-8-18)21(15)10-11-1-4-13(19)5-2-11/h1-6,9H,7-8,10H2. The number of benzene rings is 2. The van der Waals surface area contributed by atoms with E-state index in [4.69, 9.17) is 11.6 Å². The summed E-state index contributed by atoms with van der Waals surface area (Å²) in [6.45, 7) is 0.657. The van der Waals surface area contributed by atoms with Crippen LogP contribution in [0.3, 0.4) is 0 Å². The molecule has 0 amide bonds. The Morgan fingerprint density at radius 1 is 1.14 bits per heavy atom. The fraction of sp³-hybridized carbons (Fsp3) is 0.188. The van der Waals surface area contributed by atoms with Crippen LogP contribution < -0.4 is 0 Å². The molecule has 0 unspecified atom stereocenters. The molecule has 1 aromatic heterocycles. The maximum Gasteiger partial charge on any atom is 0.123 e. The number of aromatic nitrogens is 2. The monoisotopic (exact) mass is 366 g/mol. The Morgan fingerprint density at radius 3 is 2.62 bits per heavy atom. The molecule has 2 nitrogen and oxygen atoms in total. The molecule has 0 aliphatic heterocycles. The Labute approximate surface area is 135 Å². The van der Waals surface area contributed by atoms with Gasteiger partial charge in [-0.15, -0.1) is 11.6 Å². The van der Waals surface area contributed by atoms with Crippen molar-refractivity contribution in [2.75, 3.05) is 5.88 Å². The lowest BCUT2D eigenvalue weighted by molar-refractivity contribution is 0.626. The summed E-state index contributed by atoms with van der Waals surface area (Å²) in [7, 11) is 0. The molecule has 21 heavy (non-hydrogen) atoms. The third kappa shape index (κ3) is 3.11. The Balaban J connectivity index is 2.06. The lowest BCUT2D eigenvalue weighted by Crippen LogP contribution is -2.06.